The number of carbonyl (C=O) groups is 2. The Labute approximate surface area is 319 Å². The third-order valence-electron chi connectivity index (χ3n) is 8.94. The molecule has 0 heterocycles. The third-order valence-corrected chi connectivity index (χ3v) is 9.91. The monoisotopic (exact) mass is 758 g/mol. The first-order valence-corrected chi connectivity index (χ1v) is 22.5. The molecule has 0 aromatic rings. The zero-order chi connectivity index (χ0) is 38.6. The summed E-state index contributed by atoms with van der Waals surface area (Å²) in [5.74, 6) is -0.848. The van der Waals surface area contributed by atoms with Crippen molar-refractivity contribution in [3.63, 3.8) is 0 Å². The molecule has 1 unspecified atom stereocenters. The topological polar surface area (TPSA) is 111 Å². The fourth-order valence-corrected chi connectivity index (χ4v) is 6.31. The highest BCUT2D eigenvalue weighted by molar-refractivity contribution is 7.45. The number of nitrogens with zero attached hydrogens (tertiary/aromatic N) is 1. The molecule has 306 valence electrons. The Morgan fingerprint density at radius 3 is 1.42 bits per heavy atom. The molecule has 0 saturated heterocycles. The number of quaternary nitrogens is 1. The minimum Gasteiger partial charge on any atom is -0.756 e. The Balaban J connectivity index is 4.39. The van der Waals surface area contributed by atoms with Crippen molar-refractivity contribution in [2.45, 2.75) is 187 Å². The van der Waals surface area contributed by atoms with Crippen molar-refractivity contribution in [2.24, 2.45) is 0 Å². The van der Waals surface area contributed by atoms with Crippen LogP contribution in [0.25, 0.3) is 0 Å². The molecule has 0 fully saturated rings. The maximum absolute atomic E-state index is 12.6. The van der Waals surface area contributed by atoms with Crippen LogP contribution in [0.1, 0.15) is 181 Å². The number of unbranched alkanes of at least 4 members (excludes halogenated alkanes) is 20. The average Bonchev–Trinajstić information content (AvgIpc) is 3.09. The molecule has 52 heavy (non-hydrogen) atoms. The van der Waals surface area contributed by atoms with Crippen molar-refractivity contribution >= 4 is 19.8 Å². The van der Waals surface area contributed by atoms with Crippen LogP contribution in [0.5, 0.6) is 0 Å². The standard InChI is InChI=1S/C42H80NO8P/c1-6-8-10-12-14-16-18-20-21-23-24-26-28-30-32-34-41(44)48-38-40(39-50-52(46,47)49-37-36-43(3,4)5)51-42(45)35-33-31-29-27-25-22-19-17-15-13-11-9-7-2/h16-19,40H,6-15,20-39H2,1-5H3/b18-16+,19-17+/t40-/m1/s1. The van der Waals surface area contributed by atoms with E-state index < -0.39 is 32.5 Å². The van der Waals surface area contributed by atoms with Gasteiger partial charge in [0.2, 0.25) is 0 Å². The van der Waals surface area contributed by atoms with Gasteiger partial charge in [-0.3, -0.25) is 14.2 Å². The van der Waals surface area contributed by atoms with E-state index in [0.717, 1.165) is 64.2 Å². The summed E-state index contributed by atoms with van der Waals surface area (Å²) in [5.41, 5.74) is 0. The predicted molar refractivity (Wildman–Crippen MR) is 213 cm³/mol. The van der Waals surface area contributed by atoms with E-state index >= 15 is 0 Å². The lowest BCUT2D eigenvalue weighted by Crippen LogP contribution is -2.37. The number of hydrogen-bond donors (Lipinski definition) is 0. The Kier molecular flexibility index (Phi) is 34.2. The van der Waals surface area contributed by atoms with Gasteiger partial charge in [0, 0.05) is 12.8 Å². The normalized spacial score (nSPS) is 13.9. The van der Waals surface area contributed by atoms with Crippen LogP contribution in [0.4, 0.5) is 0 Å². The van der Waals surface area contributed by atoms with Crippen LogP contribution in [0.2, 0.25) is 0 Å². The number of phosphoric acid groups is 1. The fraction of sp³-hybridized carbons (Fsp3) is 0.857. The molecule has 0 aliphatic carbocycles. The highest BCUT2D eigenvalue weighted by Gasteiger charge is 2.21. The van der Waals surface area contributed by atoms with E-state index in [4.69, 9.17) is 18.5 Å². The number of carbonyl (C=O) groups excluding carboxylic acids is 2. The molecule has 0 aromatic carbocycles. The first-order chi connectivity index (χ1) is 25.0. The largest absolute Gasteiger partial charge is 0.756 e. The van der Waals surface area contributed by atoms with Gasteiger partial charge in [0.05, 0.1) is 27.7 Å². The Hall–Kier alpha value is -1.51. The van der Waals surface area contributed by atoms with Gasteiger partial charge in [-0.05, 0) is 64.2 Å². The van der Waals surface area contributed by atoms with Gasteiger partial charge in [0.25, 0.3) is 7.82 Å². The lowest BCUT2D eigenvalue weighted by Gasteiger charge is -2.28. The van der Waals surface area contributed by atoms with E-state index in [1.54, 1.807) is 0 Å². The van der Waals surface area contributed by atoms with Crippen molar-refractivity contribution < 1.29 is 42.1 Å². The molecule has 0 saturated carbocycles. The van der Waals surface area contributed by atoms with Gasteiger partial charge in [-0.2, -0.15) is 0 Å². The maximum Gasteiger partial charge on any atom is 0.306 e. The molecule has 2 atom stereocenters. The first kappa shape index (κ1) is 50.5. The van der Waals surface area contributed by atoms with Crippen LogP contribution in [-0.2, 0) is 32.7 Å². The number of likely N-dealkylation sites (N-methyl/N-ethyl adjacent to an activating group) is 1. The molecule has 10 heteroatoms. The van der Waals surface area contributed by atoms with E-state index in [9.17, 15) is 19.0 Å². The minimum absolute atomic E-state index is 0.0321. The van der Waals surface area contributed by atoms with E-state index in [1.807, 2.05) is 21.1 Å². The molecule has 0 spiro atoms. The van der Waals surface area contributed by atoms with Crippen LogP contribution >= 0.6 is 7.82 Å². The number of hydrogen-bond acceptors (Lipinski definition) is 8. The lowest BCUT2D eigenvalue weighted by molar-refractivity contribution is -0.870. The van der Waals surface area contributed by atoms with Gasteiger partial charge in [-0.15, -0.1) is 0 Å². The van der Waals surface area contributed by atoms with Crippen molar-refractivity contribution in [2.75, 3.05) is 47.5 Å². The van der Waals surface area contributed by atoms with Gasteiger partial charge < -0.3 is 27.9 Å². The number of ether oxygens (including phenoxy) is 2. The van der Waals surface area contributed by atoms with Crippen molar-refractivity contribution in [1.29, 1.82) is 0 Å². The number of allylic oxidation sites excluding steroid dienone is 4. The van der Waals surface area contributed by atoms with Crippen LogP contribution in [-0.4, -0.2) is 70.0 Å². The Bertz CT molecular complexity index is 949. The van der Waals surface area contributed by atoms with Crippen molar-refractivity contribution in [3.05, 3.63) is 24.3 Å². The summed E-state index contributed by atoms with van der Waals surface area (Å²) in [7, 11) is 1.16. The van der Waals surface area contributed by atoms with Crippen molar-refractivity contribution in [1.82, 2.24) is 0 Å². The minimum atomic E-state index is -4.62. The van der Waals surface area contributed by atoms with E-state index in [2.05, 4.69) is 38.2 Å². The predicted octanol–water partition coefficient (Wildman–Crippen LogP) is 10.9. The van der Waals surface area contributed by atoms with Crippen LogP contribution in [0.15, 0.2) is 24.3 Å². The third kappa shape index (κ3) is 38.2. The summed E-state index contributed by atoms with van der Waals surface area (Å²) in [5, 5.41) is 0. The highest BCUT2D eigenvalue weighted by Crippen LogP contribution is 2.38. The summed E-state index contributed by atoms with van der Waals surface area (Å²) in [6.07, 6.45) is 36.2. The van der Waals surface area contributed by atoms with Crippen LogP contribution in [0.3, 0.4) is 0 Å². The first-order valence-electron chi connectivity index (χ1n) is 21.0. The SMILES string of the molecule is CCCCCC/C=C/CCCCCCCCCC(=O)OC[C@H](COP(=O)([O-])OCC[N+](C)(C)C)OC(=O)CCCCCCC/C=C/CCCCCC. The molecule has 0 bridgehead atoms. The summed E-state index contributed by atoms with van der Waals surface area (Å²) in [6, 6.07) is 0. The zero-order valence-corrected chi connectivity index (χ0v) is 35.2. The van der Waals surface area contributed by atoms with Gasteiger partial charge in [0.1, 0.15) is 19.8 Å². The second-order valence-electron chi connectivity index (χ2n) is 15.3. The number of esters is 2. The van der Waals surface area contributed by atoms with Gasteiger partial charge in [-0.1, -0.05) is 128 Å². The van der Waals surface area contributed by atoms with E-state index in [1.165, 1.54) is 83.5 Å². The Morgan fingerprint density at radius 2 is 0.981 bits per heavy atom. The molecule has 9 nitrogen and oxygen atoms in total. The van der Waals surface area contributed by atoms with Gasteiger partial charge in [0.15, 0.2) is 6.10 Å². The molecule has 0 aliphatic rings. The lowest BCUT2D eigenvalue weighted by atomic mass is 10.1. The van der Waals surface area contributed by atoms with Crippen molar-refractivity contribution in [3.8, 4) is 0 Å². The molecule has 0 aromatic heterocycles. The van der Waals surface area contributed by atoms with E-state index in [0.29, 0.717) is 17.4 Å². The zero-order valence-electron chi connectivity index (χ0n) is 34.3. The number of rotatable bonds is 38. The Morgan fingerprint density at radius 1 is 0.577 bits per heavy atom. The molecule has 0 aliphatic heterocycles. The smallest absolute Gasteiger partial charge is 0.306 e. The van der Waals surface area contributed by atoms with Gasteiger partial charge in [-0.25, -0.2) is 0 Å². The summed E-state index contributed by atoms with van der Waals surface area (Å²) < 4.78 is 33.8. The second kappa shape index (κ2) is 35.2. The number of phosphoric ester groups is 1. The van der Waals surface area contributed by atoms with Crippen LogP contribution < -0.4 is 4.89 Å². The molecular weight excluding hydrogens is 677 g/mol. The maximum atomic E-state index is 12.6. The molecule has 0 amide bonds. The fourth-order valence-electron chi connectivity index (χ4n) is 5.58. The second-order valence-corrected chi connectivity index (χ2v) is 16.8. The highest BCUT2D eigenvalue weighted by atomic mass is 31.2. The summed E-state index contributed by atoms with van der Waals surface area (Å²) >= 11 is 0. The van der Waals surface area contributed by atoms with Crippen LogP contribution in [0, 0.1) is 0 Å². The average molecular weight is 758 g/mol. The van der Waals surface area contributed by atoms with Gasteiger partial charge >= 0.3 is 11.9 Å². The quantitative estimate of drug-likeness (QED) is 0.0201. The molecule has 0 N–H and O–H groups in total. The summed E-state index contributed by atoms with van der Waals surface area (Å²) in [4.78, 5) is 37.4. The molecular formula is C42H80NO8P. The molecule has 0 rings (SSSR count). The summed E-state index contributed by atoms with van der Waals surface area (Å²) in [6.45, 7) is 4.18. The van der Waals surface area contributed by atoms with E-state index in [-0.39, 0.29) is 26.1 Å². The molecule has 0 radical (unpaired) electrons.